The van der Waals surface area contributed by atoms with E-state index in [4.69, 9.17) is 5.11 Å². The average Bonchev–Trinajstić information content (AvgIpc) is 2.23. The molecule has 0 atom stereocenters. The number of aromatic carboxylic acids is 1. The van der Waals surface area contributed by atoms with Crippen LogP contribution in [0.3, 0.4) is 0 Å². The van der Waals surface area contributed by atoms with Gasteiger partial charge in [0.15, 0.2) is 0 Å². The van der Waals surface area contributed by atoms with Crippen LogP contribution < -0.4 is 4.72 Å². The second-order valence-electron chi connectivity index (χ2n) is 7.12. The Morgan fingerprint density at radius 3 is 2.00 bits per heavy atom. The number of carboxylic acid groups (broad SMARTS) is 1. The molecule has 0 spiro atoms. The first kappa shape index (κ1) is 17.7. The van der Waals surface area contributed by atoms with E-state index in [2.05, 4.69) is 4.72 Å². The predicted octanol–water partition coefficient (Wildman–Crippen LogP) is 2.76. The summed E-state index contributed by atoms with van der Waals surface area (Å²) >= 11 is 0. The van der Waals surface area contributed by atoms with E-state index < -0.39 is 26.9 Å². The molecular weight excluding hydrogens is 290 g/mol. The van der Waals surface area contributed by atoms with Crippen LogP contribution in [0.25, 0.3) is 0 Å². The number of carbonyl (C=O) groups is 1. The van der Waals surface area contributed by atoms with Crippen LogP contribution in [0.2, 0.25) is 0 Å². The molecule has 1 aromatic rings. The average molecular weight is 313 g/mol. The van der Waals surface area contributed by atoms with Crippen molar-refractivity contribution in [1.82, 2.24) is 4.72 Å². The van der Waals surface area contributed by atoms with Crippen molar-refractivity contribution in [3.05, 3.63) is 29.3 Å². The first-order valence-corrected chi connectivity index (χ1v) is 8.14. The number of nitrogens with one attached hydrogen (secondary N) is 1. The molecule has 0 bridgehead atoms. The number of rotatable bonds is 3. The normalized spacial score (nSPS) is 13.2. The van der Waals surface area contributed by atoms with Gasteiger partial charge in [0.2, 0.25) is 10.0 Å². The van der Waals surface area contributed by atoms with Crippen molar-refractivity contribution in [1.29, 1.82) is 0 Å². The highest BCUT2D eigenvalue weighted by molar-refractivity contribution is 7.89. The molecule has 118 valence electrons. The summed E-state index contributed by atoms with van der Waals surface area (Å²) in [6, 6.07) is 4.22. The topological polar surface area (TPSA) is 83.5 Å². The van der Waals surface area contributed by atoms with E-state index in [0.717, 1.165) is 0 Å². The summed E-state index contributed by atoms with van der Waals surface area (Å²) in [6.45, 7) is 10.9. The summed E-state index contributed by atoms with van der Waals surface area (Å²) < 4.78 is 27.7. The molecule has 0 amide bonds. The van der Waals surface area contributed by atoms with Crippen LogP contribution in [-0.2, 0) is 15.4 Å². The Hall–Kier alpha value is -1.40. The first-order chi connectivity index (χ1) is 9.24. The Labute approximate surface area is 126 Å². The smallest absolute Gasteiger partial charge is 0.335 e. The number of carboxylic acids is 1. The van der Waals surface area contributed by atoms with Gasteiger partial charge in [-0.15, -0.1) is 0 Å². The van der Waals surface area contributed by atoms with Crippen molar-refractivity contribution < 1.29 is 18.3 Å². The summed E-state index contributed by atoms with van der Waals surface area (Å²) in [4.78, 5) is 11.1. The molecular formula is C15H23NO4S. The highest BCUT2D eigenvalue weighted by Crippen LogP contribution is 2.30. The third-order valence-corrected chi connectivity index (χ3v) is 4.56. The Bertz CT molecular complexity index is 649. The van der Waals surface area contributed by atoms with Gasteiger partial charge in [-0.3, -0.25) is 0 Å². The van der Waals surface area contributed by atoms with Gasteiger partial charge in [0.25, 0.3) is 0 Å². The van der Waals surface area contributed by atoms with Crippen LogP contribution in [0.1, 0.15) is 57.5 Å². The van der Waals surface area contributed by atoms with Crippen LogP contribution >= 0.6 is 0 Å². The Morgan fingerprint density at radius 2 is 1.62 bits per heavy atom. The quantitative estimate of drug-likeness (QED) is 0.898. The molecule has 1 rings (SSSR count). The number of benzene rings is 1. The number of hydrogen-bond donors (Lipinski definition) is 2. The lowest BCUT2D eigenvalue weighted by molar-refractivity contribution is 0.0696. The van der Waals surface area contributed by atoms with Crippen molar-refractivity contribution in [2.75, 3.05) is 0 Å². The lowest BCUT2D eigenvalue weighted by Gasteiger charge is -2.26. The number of hydrogen-bond acceptors (Lipinski definition) is 3. The lowest BCUT2D eigenvalue weighted by atomic mass is 9.86. The molecule has 0 fully saturated rings. The van der Waals surface area contributed by atoms with E-state index >= 15 is 0 Å². The van der Waals surface area contributed by atoms with E-state index in [1.54, 1.807) is 26.8 Å². The Morgan fingerprint density at radius 1 is 1.10 bits per heavy atom. The first-order valence-electron chi connectivity index (χ1n) is 6.66. The van der Waals surface area contributed by atoms with Gasteiger partial charge in [-0.25, -0.2) is 17.9 Å². The molecule has 0 saturated carbocycles. The van der Waals surface area contributed by atoms with E-state index in [1.807, 2.05) is 20.8 Å². The van der Waals surface area contributed by atoms with Crippen molar-refractivity contribution in [2.24, 2.45) is 0 Å². The van der Waals surface area contributed by atoms with Gasteiger partial charge in [-0.05, 0) is 43.9 Å². The molecule has 5 nitrogen and oxygen atoms in total. The summed E-state index contributed by atoms with van der Waals surface area (Å²) in [6.07, 6.45) is 0. The lowest BCUT2D eigenvalue weighted by Crippen LogP contribution is -2.41. The van der Waals surface area contributed by atoms with Crippen LogP contribution in [0.5, 0.6) is 0 Å². The van der Waals surface area contributed by atoms with Gasteiger partial charge < -0.3 is 5.11 Å². The fraction of sp³-hybridized carbons (Fsp3) is 0.533. The zero-order valence-corrected chi connectivity index (χ0v) is 14.1. The Kier molecular flexibility index (Phi) is 4.56. The summed E-state index contributed by atoms with van der Waals surface area (Å²) in [5.74, 6) is -1.15. The van der Waals surface area contributed by atoms with Gasteiger partial charge >= 0.3 is 5.97 Å². The SMILES string of the molecule is CC(C)(C)NS(=O)(=O)c1cc(C(=O)O)ccc1C(C)(C)C. The molecule has 2 N–H and O–H groups in total. The molecule has 0 unspecified atom stereocenters. The van der Waals surface area contributed by atoms with Crippen molar-refractivity contribution in [3.63, 3.8) is 0 Å². The van der Waals surface area contributed by atoms with E-state index in [1.165, 1.54) is 12.1 Å². The van der Waals surface area contributed by atoms with E-state index in [9.17, 15) is 13.2 Å². The van der Waals surface area contributed by atoms with Gasteiger partial charge in [0.05, 0.1) is 10.5 Å². The minimum atomic E-state index is -3.80. The molecule has 0 aliphatic rings. The highest BCUT2D eigenvalue weighted by Gasteiger charge is 2.29. The monoisotopic (exact) mass is 313 g/mol. The molecule has 0 radical (unpaired) electrons. The summed E-state index contributed by atoms with van der Waals surface area (Å²) in [5, 5.41) is 9.09. The summed E-state index contributed by atoms with van der Waals surface area (Å²) in [7, 11) is -3.80. The summed E-state index contributed by atoms with van der Waals surface area (Å²) in [5.41, 5.74) is -0.520. The third kappa shape index (κ3) is 4.54. The minimum Gasteiger partial charge on any atom is -0.478 e. The standard InChI is InChI=1S/C15H23NO4S/c1-14(2,3)11-8-7-10(13(17)18)9-12(11)21(19,20)16-15(4,5)6/h7-9,16H,1-6H3,(H,17,18). The fourth-order valence-electron chi connectivity index (χ4n) is 1.96. The third-order valence-electron chi connectivity index (χ3n) is 2.77. The number of sulfonamides is 1. The van der Waals surface area contributed by atoms with Crippen molar-refractivity contribution >= 4 is 16.0 Å². The van der Waals surface area contributed by atoms with E-state index in [0.29, 0.717) is 5.56 Å². The second kappa shape index (κ2) is 5.42. The van der Waals surface area contributed by atoms with Gasteiger partial charge in [-0.1, -0.05) is 26.8 Å². The zero-order chi connectivity index (χ0) is 16.6. The van der Waals surface area contributed by atoms with Crippen LogP contribution in [0.4, 0.5) is 0 Å². The fourth-order valence-corrected chi connectivity index (χ4v) is 3.82. The molecule has 0 aliphatic carbocycles. The van der Waals surface area contributed by atoms with Crippen LogP contribution in [-0.4, -0.2) is 25.0 Å². The predicted molar refractivity (Wildman–Crippen MR) is 82.2 cm³/mol. The minimum absolute atomic E-state index is 0.0184. The van der Waals surface area contributed by atoms with Gasteiger partial charge in [-0.2, -0.15) is 0 Å². The second-order valence-corrected chi connectivity index (χ2v) is 8.77. The maximum Gasteiger partial charge on any atom is 0.335 e. The molecule has 0 heterocycles. The van der Waals surface area contributed by atoms with Gasteiger partial charge in [0.1, 0.15) is 0 Å². The van der Waals surface area contributed by atoms with Gasteiger partial charge in [0, 0.05) is 5.54 Å². The molecule has 21 heavy (non-hydrogen) atoms. The van der Waals surface area contributed by atoms with Crippen molar-refractivity contribution in [3.8, 4) is 0 Å². The highest BCUT2D eigenvalue weighted by atomic mass is 32.2. The molecule has 1 aromatic carbocycles. The van der Waals surface area contributed by atoms with Crippen LogP contribution in [0.15, 0.2) is 23.1 Å². The maximum absolute atomic E-state index is 12.6. The molecule has 0 aliphatic heterocycles. The largest absolute Gasteiger partial charge is 0.478 e. The molecule has 0 aromatic heterocycles. The molecule has 6 heteroatoms. The Balaban J connectivity index is 3.57. The molecule has 0 saturated heterocycles. The zero-order valence-electron chi connectivity index (χ0n) is 13.3. The van der Waals surface area contributed by atoms with E-state index in [-0.39, 0.29) is 10.5 Å². The van der Waals surface area contributed by atoms with Crippen molar-refractivity contribution in [2.45, 2.75) is 57.4 Å². The van der Waals surface area contributed by atoms with Crippen LogP contribution in [0, 0.1) is 0 Å². The maximum atomic E-state index is 12.6.